The van der Waals surface area contributed by atoms with Crippen molar-refractivity contribution in [3.05, 3.63) is 72.2 Å². The molecule has 1 N–H and O–H groups in total. The van der Waals surface area contributed by atoms with Gasteiger partial charge in [0.1, 0.15) is 6.54 Å². The van der Waals surface area contributed by atoms with Gasteiger partial charge in [0.15, 0.2) is 12.4 Å². The molecule has 0 unspecified atom stereocenters. The second kappa shape index (κ2) is 8.15. The zero-order chi connectivity index (χ0) is 19.3. The van der Waals surface area contributed by atoms with Crippen LogP contribution in [0.2, 0.25) is 0 Å². The fourth-order valence-corrected chi connectivity index (χ4v) is 3.23. The second-order valence-electron chi connectivity index (χ2n) is 5.78. The van der Waals surface area contributed by atoms with Crippen molar-refractivity contribution in [3.8, 4) is 11.3 Å². The molecular weight excluding hydrogens is 368 g/mol. The lowest BCUT2D eigenvalue weighted by atomic mass is 10.2. The van der Waals surface area contributed by atoms with E-state index in [9.17, 15) is 13.2 Å². The first-order valence-electron chi connectivity index (χ1n) is 8.16. The van der Waals surface area contributed by atoms with Gasteiger partial charge in [0.05, 0.1) is 11.1 Å². The van der Waals surface area contributed by atoms with Gasteiger partial charge in [-0.05, 0) is 19.1 Å². The quantitative estimate of drug-likeness (QED) is 0.627. The van der Waals surface area contributed by atoms with Crippen LogP contribution in [-0.4, -0.2) is 25.9 Å². The summed E-state index contributed by atoms with van der Waals surface area (Å²) in [5.41, 5.74) is 1.79. The molecule has 3 aromatic rings. The Morgan fingerprint density at radius 1 is 1.11 bits per heavy atom. The standard InChI is InChI=1S/C19H18N2O5S/c1-14-7-9-16(10-8-14)27(23,24)21-12-19(22)25-13-18-20-11-17(26-18)15-5-3-2-4-6-15/h2-11,21H,12-13H2,1H3. The van der Waals surface area contributed by atoms with Gasteiger partial charge in [-0.2, -0.15) is 4.72 Å². The molecule has 0 bridgehead atoms. The highest BCUT2D eigenvalue weighted by Gasteiger charge is 2.16. The lowest BCUT2D eigenvalue weighted by molar-refractivity contribution is -0.144. The Morgan fingerprint density at radius 3 is 2.52 bits per heavy atom. The molecule has 0 aliphatic carbocycles. The van der Waals surface area contributed by atoms with Gasteiger partial charge >= 0.3 is 5.97 Å². The fraction of sp³-hybridized carbons (Fsp3) is 0.158. The molecule has 3 rings (SSSR count). The van der Waals surface area contributed by atoms with Gasteiger partial charge in [-0.15, -0.1) is 0 Å². The minimum Gasteiger partial charge on any atom is -0.455 e. The van der Waals surface area contributed by atoms with E-state index in [2.05, 4.69) is 9.71 Å². The maximum Gasteiger partial charge on any atom is 0.321 e. The van der Waals surface area contributed by atoms with Crippen LogP contribution in [0, 0.1) is 6.92 Å². The molecule has 0 saturated heterocycles. The number of benzene rings is 2. The van der Waals surface area contributed by atoms with Crippen LogP contribution < -0.4 is 4.72 Å². The van der Waals surface area contributed by atoms with E-state index < -0.39 is 22.5 Å². The summed E-state index contributed by atoms with van der Waals surface area (Å²) in [6.07, 6.45) is 1.54. The summed E-state index contributed by atoms with van der Waals surface area (Å²) in [7, 11) is -3.78. The van der Waals surface area contributed by atoms with Crippen LogP contribution in [0.4, 0.5) is 0 Å². The van der Waals surface area contributed by atoms with Crippen molar-refractivity contribution in [1.29, 1.82) is 0 Å². The van der Waals surface area contributed by atoms with E-state index in [4.69, 9.17) is 9.15 Å². The predicted octanol–water partition coefficient (Wildman–Crippen LogP) is 2.67. The minimum atomic E-state index is -3.78. The molecule has 0 fully saturated rings. The van der Waals surface area contributed by atoms with Crippen molar-refractivity contribution < 1.29 is 22.4 Å². The number of oxazole rings is 1. The summed E-state index contributed by atoms with van der Waals surface area (Å²) in [6, 6.07) is 15.7. The molecule has 1 aromatic heterocycles. The molecule has 0 radical (unpaired) electrons. The zero-order valence-corrected chi connectivity index (χ0v) is 15.4. The molecule has 140 valence electrons. The van der Waals surface area contributed by atoms with Crippen molar-refractivity contribution >= 4 is 16.0 Å². The monoisotopic (exact) mass is 386 g/mol. The van der Waals surface area contributed by atoms with E-state index in [1.807, 2.05) is 37.3 Å². The highest BCUT2D eigenvalue weighted by atomic mass is 32.2. The van der Waals surface area contributed by atoms with Crippen LogP contribution in [0.25, 0.3) is 11.3 Å². The van der Waals surface area contributed by atoms with Gasteiger partial charge in [0.2, 0.25) is 15.9 Å². The van der Waals surface area contributed by atoms with Crippen LogP contribution >= 0.6 is 0 Å². The Labute approximate surface area is 157 Å². The van der Waals surface area contributed by atoms with E-state index >= 15 is 0 Å². The van der Waals surface area contributed by atoms with Crippen molar-refractivity contribution in [3.63, 3.8) is 0 Å². The number of aromatic nitrogens is 1. The first-order valence-corrected chi connectivity index (χ1v) is 9.64. The van der Waals surface area contributed by atoms with Crippen molar-refractivity contribution in [2.45, 2.75) is 18.4 Å². The summed E-state index contributed by atoms with van der Waals surface area (Å²) in [6.45, 7) is 1.19. The highest BCUT2D eigenvalue weighted by Crippen LogP contribution is 2.20. The summed E-state index contributed by atoms with van der Waals surface area (Å²) >= 11 is 0. The minimum absolute atomic E-state index is 0.0844. The number of ether oxygens (including phenoxy) is 1. The van der Waals surface area contributed by atoms with Gasteiger partial charge in [0.25, 0.3) is 0 Å². The molecule has 8 heteroatoms. The first kappa shape index (κ1) is 18.8. The van der Waals surface area contributed by atoms with Crippen LogP contribution in [0.15, 0.2) is 70.1 Å². The Balaban J connectivity index is 1.51. The van der Waals surface area contributed by atoms with Gasteiger partial charge in [-0.3, -0.25) is 4.79 Å². The first-order chi connectivity index (χ1) is 12.9. The zero-order valence-electron chi connectivity index (χ0n) is 14.6. The number of sulfonamides is 1. The molecule has 27 heavy (non-hydrogen) atoms. The van der Waals surface area contributed by atoms with Gasteiger partial charge in [-0.25, -0.2) is 13.4 Å². The van der Waals surface area contributed by atoms with E-state index in [1.54, 1.807) is 18.3 Å². The Kier molecular flexibility index (Phi) is 5.68. The van der Waals surface area contributed by atoms with E-state index in [0.717, 1.165) is 11.1 Å². The van der Waals surface area contributed by atoms with Crippen LogP contribution in [0.1, 0.15) is 11.5 Å². The number of aryl methyl sites for hydroxylation is 1. The van der Waals surface area contributed by atoms with Crippen molar-refractivity contribution in [1.82, 2.24) is 9.71 Å². The van der Waals surface area contributed by atoms with Gasteiger partial charge in [0, 0.05) is 5.56 Å². The summed E-state index contributed by atoms with van der Waals surface area (Å²) < 4.78 is 37.0. The summed E-state index contributed by atoms with van der Waals surface area (Å²) in [5.74, 6) is 0.0514. The molecule has 0 aliphatic rings. The van der Waals surface area contributed by atoms with Crippen LogP contribution in [0.5, 0.6) is 0 Å². The summed E-state index contributed by atoms with van der Waals surface area (Å²) in [4.78, 5) is 15.9. The van der Waals surface area contributed by atoms with E-state index in [1.165, 1.54) is 12.1 Å². The number of rotatable bonds is 7. The SMILES string of the molecule is Cc1ccc(S(=O)(=O)NCC(=O)OCc2ncc(-c3ccccc3)o2)cc1. The number of carbonyl (C=O) groups is 1. The number of hydrogen-bond acceptors (Lipinski definition) is 6. The Morgan fingerprint density at radius 2 is 1.81 bits per heavy atom. The lowest BCUT2D eigenvalue weighted by Gasteiger charge is -2.07. The van der Waals surface area contributed by atoms with Crippen LogP contribution in [-0.2, 0) is 26.2 Å². The van der Waals surface area contributed by atoms with Crippen molar-refractivity contribution in [2.24, 2.45) is 0 Å². The molecule has 0 amide bonds. The number of carbonyl (C=O) groups excluding carboxylic acids is 1. The number of nitrogens with one attached hydrogen (secondary N) is 1. The molecule has 0 atom stereocenters. The van der Waals surface area contributed by atoms with Gasteiger partial charge in [-0.1, -0.05) is 48.0 Å². The summed E-state index contributed by atoms with van der Waals surface area (Å²) in [5, 5.41) is 0. The third kappa shape index (κ3) is 5.02. The molecule has 0 spiro atoms. The molecule has 7 nitrogen and oxygen atoms in total. The number of esters is 1. The molecule has 0 aliphatic heterocycles. The highest BCUT2D eigenvalue weighted by molar-refractivity contribution is 7.89. The molecule has 1 heterocycles. The topological polar surface area (TPSA) is 98.5 Å². The predicted molar refractivity (Wildman–Crippen MR) is 98.1 cm³/mol. The van der Waals surface area contributed by atoms with E-state index in [0.29, 0.717) is 5.76 Å². The smallest absolute Gasteiger partial charge is 0.321 e. The van der Waals surface area contributed by atoms with Crippen molar-refractivity contribution in [2.75, 3.05) is 6.54 Å². The average Bonchev–Trinajstić information content (AvgIpc) is 3.15. The van der Waals surface area contributed by atoms with E-state index in [-0.39, 0.29) is 17.4 Å². The molecular formula is C19H18N2O5S. The van der Waals surface area contributed by atoms with Crippen LogP contribution in [0.3, 0.4) is 0 Å². The average molecular weight is 386 g/mol. The second-order valence-corrected chi connectivity index (χ2v) is 7.55. The largest absolute Gasteiger partial charge is 0.455 e. The third-order valence-corrected chi connectivity index (χ3v) is 5.12. The maximum atomic E-state index is 12.1. The molecule has 2 aromatic carbocycles. The molecule has 0 saturated carbocycles. The lowest BCUT2D eigenvalue weighted by Crippen LogP contribution is -2.30. The Hall–Kier alpha value is -2.97. The third-order valence-electron chi connectivity index (χ3n) is 3.71. The number of hydrogen-bond donors (Lipinski definition) is 1. The maximum absolute atomic E-state index is 12.1. The number of nitrogens with zero attached hydrogens (tertiary/aromatic N) is 1. The van der Waals surface area contributed by atoms with Gasteiger partial charge < -0.3 is 9.15 Å². The normalized spacial score (nSPS) is 11.3. The fourth-order valence-electron chi connectivity index (χ4n) is 2.26. The Bertz CT molecular complexity index is 1010.